The Morgan fingerprint density at radius 1 is 1.00 bits per heavy atom. The zero-order valence-corrected chi connectivity index (χ0v) is 22.6. The molecule has 1 heterocycles. The number of rotatable bonds is 11. The van der Waals surface area contributed by atoms with Gasteiger partial charge >= 0.3 is 5.97 Å². The maximum Gasteiger partial charge on any atom is 0.342 e. The summed E-state index contributed by atoms with van der Waals surface area (Å²) in [4.78, 5) is 22.8. The summed E-state index contributed by atoms with van der Waals surface area (Å²) in [5, 5.41) is 10.9. The van der Waals surface area contributed by atoms with Gasteiger partial charge in [-0.2, -0.15) is 0 Å². The minimum absolute atomic E-state index is 0.0313. The van der Waals surface area contributed by atoms with Crippen LogP contribution in [0.1, 0.15) is 27.0 Å². The Kier molecular flexibility index (Phi) is 8.55. The molecule has 1 aliphatic heterocycles. The van der Waals surface area contributed by atoms with E-state index in [0.717, 1.165) is 17.7 Å². The van der Waals surface area contributed by atoms with Crippen molar-refractivity contribution < 1.29 is 41.8 Å². The van der Waals surface area contributed by atoms with Crippen LogP contribution in [0.2, 0.25) is 0 Å². The van der Waals surface area contributed by atoms with Crippen molar-refractivity contribution in [2.45, 2.75) is 11.3 Å². The molecule has 210 valence electrons. The highest BCUT2D eigenvalue weighted by atomic mass is 32.2. The first-order valence-electron chi connectivity index (χ1n) is 11.9. The fraction of sp³-hybridized carbons (Fsp3) is 0.222. The highest BCUT2D eigenvalue weighted by Gasteiger charge is 2.22. The Balaban J connectivity index is 1.61. The number of non-ortho nitro benzene ring substituents is 1. The molecule has 3 aromatic carbocycles. The molecule has 0 aliphatic carbocycles. The number of carbonyl (C=O) groups excluding carboxylic acids is 1. The standard InChI is InChI=1S/C27H26N2O10S/c1-35-22-11-6-17(25(26(22)36-2)27(30)37-3)4-5-18-14-23-24(39-16-38-23)15-19(18)12-13-28-40(33,34)21-9-7-20(8-10-21)29(31)32/h4-11,14-15,28H,12-13,16H2,1-3H3/b5-4+. The number of methoxy groups -OCH3 is 3. The van der Waals surface area contributed by atoms with Crippen molar-refractivity contribution in [1.29, 1.82) is 0 Å². The average Bonchev–Trinajstić information content (AvgIpc) is 3.42. The lowest BCUT2D eigenvalue weighted by atomic mass is 10.00. The molecular formula is C27H26N2O10S. The van der Waals surface area contributed by atoms with Gasteiger partial charge in [0.15, 0.2) is 23.0 Å². The third kappa shape index (κ3) is 6.00. The van der Waals surface area contributed by atoms with Gasteiger partial charge in [0.05, 0.1) is 31.1 Å². The SMILES string of the molecule is COC(=O)c1c(/C=C/c2cc3c(cc2CCNS(=O)(=O)c2ccc([N+](=O)[O-])cc2)OCO3)ccc(OC)c1OC. The third-order valence-corrected chi connectivity index (χ3v) is 7.57. The number of nitrogens with zero attached hydrogens (tertiary/aromatic N) is 1. The van der Waals surface area contributed by atoms with Crippen molar-refractivity contribution in [2.24, 2.45) is 0 Å². The van der Waals surface area contributed by atoms with E-state index in [2.05, 4.69) is 4.72 Å². The fourth-order valence-electron chi connectivity index (χ4n) is 4.10. The molecule has 12 nitrogen and oxygen atoms in total. The molecule has 1 aliphatic rings. The number of nitro benzene ring substituents is 1. The predicted octanol–water partition coefficient (Wildman–Crippen LogP) is 3.82. The second-order valence-corrected chi connectivity index (χ2v) is 10.2. The zero-order chi connectivity index (χ0) is 28.9. The van der Waals surface area contributed by atoms with Crippen LogP contribution in [0.3, 0.4) is 0 Å². The van der Waals surface area contributed by atoms with Crippen molar-refractivity contribution in [3.05, 3.63) is 80.9 Å². The summed E-state index contributed by atoms with van der Waals surface area (Å²) in [7, 11) is 0.241. The smallest absolute Gasteiger partial charge is 0.342 e. The topological polar surface area (TPSA) is 153 Å². The van der Waals surface area contributed by atoms with Crippen LogP contribution in [0.15, 0.2) is 53.4 Å². The monoisotopic (exact) mass is 570 g/mol. The van der Waals surface area contributed by atoms with E-state index in [1.165, 1.54) is 33.5 Å². The summed E-state index contributed by atoms with van der Waals surface area (Å²) in [6.07, 6.45) is 3.74. The van der Waals surface area contributed by atoms with E-state index in [9.17, 15) is 23.3 Å². The van der Waals surface area contributed by atoms with Crippen LogP contribution in [-0.4, -0.2) is 54.0 Å². The zero-order valence-electron chi connectivity index (χ0n) is 21.8. The van der Waals surface area contributed by atoms with Gasteiger partial charge in [-0.15, -0.1) is 0 Å². The minimum atomic E-state index is -3.91. The maximum atomic E-state index is 12.7. The van der Waals surface area contributed by atoms with E-state index in [4.69, 9.17) is 23.7 Å². The van der Waals surface area contributed by atoms with Gasteiger partial charge in [-0.1, -0.05) is 18.2 Å². The van der Waals surface area contributed by atoms with Crippen molar-refractivity contribution in [1.82, 2.24) is 4.72 Å². The van der Waals surface area contributed by atoms with Crippen molar-refractivity contribution >= 4 is 33.8 Å². The fourth-order valence-corrected chi connectivity index (χ4v) is 5.13. The van der Waals surface area contributed by atoms with Gasteiger partial charge in [-0.25, -0.2) is 17.9 Å². The molecule has 0 atom stereocenters. The first kappa shape index (κ1) is 28.4. The van der Waals surface area contributed by atoms with Crippen LogP contribution in [0.25, 0.3) is 12.2 Å². The van der Waals surface area contributed by atoms with E-state index in [1.54, 1.807) is 36.4 Å². The highest BCUT2D eigenvalue weighted by Crippen LogP contribution is 2.37. The van der Waals surface area contributed by atoms with Crippen LogP contribution in [0.4, 0.5) is 5.69 Å². The Bertz CT molecular complexity index is 1570. The van der Waals surface area contributed by atoms with Gasteiger partial charge in [-0.3, -0.25) is 10.1 Å². The average molecular weight is 571 g/mol. The summed E-state index contributed by atoms with van der Waals surface area (Å²) in [6.45, 7) is 0.0838. The second kappa shape index (κ2) is 12.1. The summed E-state index contributed by atoms with van der Waals surface area (Å²) in [5.41, 5.74) is 1.92. The molecule has 40 heavy (non-hydrogen) atoms. The lowest BCUT2D eigenvalue weighted by molar-refractivity contribution is -0.384. The summed E-state index contributed by atoms with van der Waals surface area (Å²) in [5.74, 6) is 1.02. The van der Waals surface area contributed by atoms with Crippen LogP contribution in [0, 0.1) is 10.1 Å². The summed E-state index contributed by atoms with van der Waals surface area (Å²) >= 11 is 0. The number of esters is 1. The largest absolute Gasteiger partial charge is 0.493 e. The number of carbonyl (C=O) groups is 1. The van der Waals surface area contributed by atoms with E-state index >= 15 is 0 Å². The number of benzene rings is 3. The van der Waals surface area contributed by atoms with Crippen molar-refractivity contribution in [2.75, 3.05) is 34.7 Å². The van der Waals surface area contributed by atoms with E-state index in [1.807, 2.05) is 0 Å². The predicted molar refractivity (Wildman–Crippen MR) is 144 cm³/mol. The van der Waals surface area contributed by atoms with Crippen LogP contribution in [-0.2, 0) is 21.2 Å². The molecule has 0 saturated heterocycles. The number of sulfonamides is 1. The summed E-state index contributed by atoms with van der Waals surface area (Å²) < 4.78 is 54.6. The number of hydrogen-bond donors (Lipinski definition) is 1. The lowest BCUT2D eigenvalue weighted by Crippen LogP contribution is -2.26. The molecule has 0 radical (unpaired) electrons. The highest BCUT2D eigenvalue weighted by molar-refractivity contribution is 7.89. The van der Waals surface area contributed by atoms with E-state index in [-0.39, 0.29) is 41.7 Å². The Morgan fingerprint density at radius 2 is 1.68 bits per heavy atom. The molecule has 4 rings (SSSR count). The Hall–Kier alpha value is -4.62. The van der Waals surface area contributed by atoms with Crippen LogP contribution in [0.5, 0.6) is 23.0 Å². The second-order valence-electron chi connectivity index (χ2n) is 8.39. The molecule has 0 fully saturated rings. The molecule has 3 aromatic rings. The van der Waals surface area contributed by atoms with Gasteiger partial charge < -0.3 is 23.7 Å². The first-order chi connectivity index (χ1) is 19.2. The van der Waals surface area contributed by atoms with Crippen molar-refractivity contribution in [3.8, 4) is 23.0 Å². The van der Waals surface area contributed by atoms with E-state index < -0.39 is 20.9 Å². The third-order valence-electron chi connectivity index (χ3n) is 6.09. The minimum Gasteiger partial charge on any atom is -0.493 e. The van der Waals surface area contributed by atoms with Gasteiger partial charge in [-0.05, 0) is 53.4 Å². The molecule has 0 spiro atoms. The number of hydrogen-bond acceptors (Lipinski definition) is 10. The van der Waals surface area contributed by atoms with Crippen molar-refractivity contribution in [3.63, 3.8) is 0 Å². The molecule has 1 N–H and O–H groups in total. The number of fused-ring (bicyclic) bond motifs is 1. The van der Waals surface area contributed by atoms with Gasteiger partial charge in [0.25, 0.3) is 5.69 Å². The first-order valence-corrected chi connectivity index (χ1v) is 13.3. The van der Waals surface area contributed by atoms with Gasteiger partial charge in [0, 0.05) is 18.7 Å². The molecule has 0 saturated carbocycles. The summed E-state index contributed by atoms with van der Waals surface area (Å²) in [6, 6.07) is 11.5. The van der Waals surface area contributed by atoms with Gasteiger partial charge in [0.1, 0.15) is 5.56 Å². The molecule has 0 amide bonds. The molecule has 0 unspecified atom stereocenters. The van der Waals surface area contributed by atoms with Crippen LogP contribution < -0.4 is 23.7 Å². The normalized spacial score (nSPS) is 12.4. The Labute approximate surface area is 230 Å². The van der Waals surface area contributed by atoms with Gasteiger partial charge in [0.2, 0.25) is 16.8 Å². The quantitative estimate of drug-likeness (QED) is 0.156. The molecular weight excluding hydrogens is 544 g/mol. The van der Waals surface area contributed by atoms with E-state index in [0.29, 0.717) is 28.4 Å². The Morgan fingerprint density at radius 3 is 2.30 bits per heavy atom. The number of nitro groups is 1. The molecule has 13 heteroatoms. The maximum absolute atomic E-state index is 12.7. The molecule has 0 bridgehead atoms. The molecule has 0 aromatic heterocycles. The number of nitrogens with one attached hydrogen (secondary N) is 1. The number of ether oxygens (including phenoxy) is 5. The lowest BCUT2D eigenvalue weighted by Gasteiger charge is -2.14. The van der Waals surface area contributed by atoms with Crippen LogP contribution >= 0.6 is 0 Å².